The normalized spacial score (nSPS) is 27.8. The summed E-state index contributed by atoms with van der Waals surface area (Å²) in [5, 5.41) is 11.7. The van der Waals surface area contributed by atoms with E-state index in [-0.39, 0.29) is 11.9 Å². The van der Waals surface area contributed by atoms with Gasteiger partial charge in [-0.1, -0.05) is 12.1 Å². The maximum absolute atomic E-state index is 12.6. The number of amides is 1. The molecule has 3 heterocycles. The molecule has 1 aromatic heterocycles. The minimum absolute atomic E-state index is 0.0363. The number of carbonyl (C=O) groups excluding carboxylic acids is 1. The summed E-state index contributed by atoms with van der Waals surface area (Å²) in [6, 6.07) is 0.660. The molecule has 2 unspecified atom stereocenters. The Labute approximate surface area is 125 Å². The van der Waals surface area contributed by atoms with Gasteiger partial charge >= 0.3 is 0 Å². The number of nitrogens with zero attached hydrogens (tertiary/aromatic N) is 4. The largest absolute Gasteiger partial charge is 0.334 e. The van der Waals surface area contributed by atoms with E-state index in [4.69, 9.17) is 0 Å². The molecule has 116 valence electrons. The SMILES string of the molecule is CC1CCCN(C(=O)c2cn(C3CCNCC3)nn2)C1C. The van der Waals surface area contributed by atoms with Crippen molar-refractivity contribution in [1.29, 1.82) is 0 Å². The van der Waals surface area contributed by atoms with Crippen LogP contribution in [0.4, 0.5) is 0 Å². The predicted molar refractivity (Wildman–Crippen MR) is 80.1 cm³/mol. The minimum atomic E-state index is 0.0363. The van der Waals surface area contributed by atoms with E-state index < -0.39 is 0 Å². The molecule has 1 aromatic rings. The average molecular weight is 291 g/mol. The van der Waals surface area contributed by atoms with Gasteiger partial charge < -0.3 is 10.2 Å². The molecule has 2 aliphatic rings. The summed E-state index contributed by atoms with van der Waals surface area (Å²) in [7, 11) is 0. The average Bonchev–Trinajstić information content (AvgIpc) is 3.00. The van der Waals surface area contributed by atoms with E-state index >= 15 is 0 Å². The molecule has 2 saturated heterocycles. The summed E-state index contributed by atoms with van der Waals surface area (Å²) in [6.07, 6.45) is 6.22. The Balaban J connectivity index is 1.71. The zero-order valence-electron chi connectivity index (χ0n) is 13.0. The van der Waals surface area contributed by atoms with Gasteiger partial charge in [-0.05, 0) is 51.6 Å². The van der Waals surface area contributed by atoms with Gasteiger partial charge in [0, 0.05) is 12.6 Å². The van der Waals surface area contributed by atoms with E-state index in [9.17, 15) is 4.79 Å². The lowest BCUT2D eigenvalue weighted by Gasteiger charge is -2.37. The lowest BCUT2D eigenvalue weighted by molar-refractivity contribution is 0.0545. The molecule has 0 bridgehead atoms. The fourth-order valence-corrected chi connectivity index (χ4v) is 3.39. The Morgan fingerprint density at radius 2 is 2.05 bits per heavy atom. The molecule has 3 rings (SSSR count). The van der Waals surface area contributed by atoms with Crippen LogP contribution < -0.4 is 5.32 Å². The molecule has 2 fully saturated rings. The number of hydrogen-bond acceptors (Lipinski definition) is 4. The maximum atomic E-state index is 12.6. The van der Waals surface area contributed by atoms with Gasteiger partial charge in [0.05, 0.1) is 12.2 Å². The summed E-state index contributed by atoms with van der Waals surface area (Å²) in [4.78, 5) is 14.6. The molecule has 1 amide bonds. The van der Waals surface area contributed by atoms with Gasteiger partial charge in [0.2, 0.25) is 0 Å². The predicted octanol–water partition coefficient (Wildman–Crippen LogP) is 1.46. The first kappa shape index (κ1) is 14.5. The van der Waals surface area contributed by atoms with Crippen LogP contribution in [-0.4, -0.2) is 51.5 Å². The van der Waals surface area contributed by atoms with Gasteiger partial charge in [-0.25, -0.2) is 4.68 Å². The second-order valence-electron chi connectivity index (χ2n) is 6.42. The van der Waals surface area contributed by atoms with Crippen LogP contribution in [0.2, 0.25) is 0 Å². The zero-order chi connectivity index (χ0) is 14.8. The van der Waals surface area contributed by atoms with Crippen molar-refractivity contribution in [3.8, 4) is 0 Å². The van der Waals surface area contributed by atoms with E-state index in [2.05, 4.69) is 29.5 Å². The Morgan fingerprint density at radius 3 is 2.81 bits per heavy atom. The molecule has 6 nitrogen and oxygen atoms in total. The summed E-state index contributed by atoms with van der Waals surface area (Å²) in [5.74, 6) is 0.594. The fraction of sp³-hybridized carbons (Fsp3) is 0.800. The summed E-state index contributed by atoms with van der Waals surface area (Å²) < 4.78 is 1.88. The number of nitrogens with one attached hydrogen (secondary N) is 1. The highest BCUT2D eigenvalue weighted by Crippen LogP contribution is 2.24. The van der Waals surface area contributed by atoms with Gasteiger partial charge in [0.25, 0.3) is 5.91 Å². The molecule has 0 saturated carbocycles. The van der Waals surface area contributed by atoms with Crippen LogP contribution in [0.5, 0.6) is 0 Å². The van der Waals surface area contributed by atoms with Crippen molar-refractivity contribution in [2.75, 3.05) is 19.6 Å². The first-order valence-electron chi connectivity index (χ1n) is 8.10. The zero-order valence-corrected chi connectivity index (χ0v) is 13.0. The lowest BCUT2D eigenvalue weighted by atomic mass is 9.92. The molecule has 2 atom stereocenters. The van der Waals surface area contributed by atoms with Crippen molar-refractivity contribution in [2.45, 2.75) is 51.6 Å². The molecule has 2 aliphatic heterocycles. The van der Waals surface area contributed by atoms with Crippen molar-refractivity contribution in [1.82, 2.24) is 25.2 Å². The molecular weight excluding hydrogens is 266 g/mol. The molecule has 0 aliphatic carbocycles. The Hall–Kier alpha value is -1.43. The van der Waals surface area contributed by atoms with E-state index in [0.717, 1.165) is 38.9 Å². The first-order valence-corrected chi connectivity index (χ1v) is 8.10. The molecule has 21 heavy (non-hydrogen) atoms. The fourth-order valence-electron chi connectivity index (χ4n) is 3.39. The molecular formula is C15H25N5O. The number of rotatable bonds is 2. The van der Waals surface area contributed by atoms with E-state index in [1.165, 1.54) is 6.42 Å². The topological polar surface area (TPSA) is 63.1 Å². The number of piperidine rings is 2. The van der Waals surface area contributed by atoms with Crippen molar-refractivity contribution in [2.24, 2.45) is 5.92 Å². The quantitative estimate of drug-likeness (QED) is 0.896. The van der Waals surface area contributed by atoms with E-state index in [1.807, 2.05) is 15.8 Å². The van der Waals surface area contributed by atoms with Gasteiger partial charge in [-0.2, -0.15) is 0 Å². The number of carbonyl (C=O) groups is 1. The van der Waals surface area contributed by atoms with Crippen molar-refractivity contribution >= 4 is 5.91 Å². The van der Waals surface area contributed by atoms with Crippen LogP contribution in [0.1, 0.15) is 56.1 Å². The summed E-state index contributed by atoms with van der Waals surface area (Å²) in [6.45, 7) is 7.21. The van der Waals surface area contributed by atoms with Gasteiger partial charge in [0.15, 0.2) is 5.69 Å². The van der Waals surface area contributed by atoms with Crippen molar-refractivity contribution < 1.29 is 4.79 Å². The number of hydrogen-bond donors (Lipinski definition) is 1. The Morgan fingerprint density at radius 1 is 1.29 bits per heavy atom. The second-order valence-corrected chi connectivity index (χ2v) is 6.42. The third-order valence-electron chi connectivity index (χ3n) is 5.05. The number of aromatic nitrogens is 3. The van der Waals surface area contributed by atoms with Crippen molar-refractivity contribution in [3.05, 3.63) is 11.9 Å². The molecule has 0 radical (unpaired) electrons. The van der Waals surface area contributed by atoms with Crippen LogP contribution in [-0.2, 0) is 0 Å². The van der Waals surface area contributed by atoms with Gasteiger partial charge in [-0.15, -0.1) is 5.10 Å². The molecule has 6 heteroatoms. The van der Waals surface area contributed by atoms with Crippen LogP contribution in [0.15, 0.2) is 6.20 Å². The summed E-state index contributed by atoms with van der Waals surface area (Å²) >= 11 is 0. The Bertz CT molecular complexity index is 494. The molecule has 0 aromatic carbocycles. The van der Waals surface area contributed by atoms with Crippen LogP contribution in [0, 0.1) is 5.92 Å². The highest BCUT2D eigenvalue weighted by molar-refractivity contribution is 5.92. The molecule has 1 N–H and O–H groups in total. The minimum Gasteiger partial charge on any atom is -0.334 e. The monoisotopic (exact) mass is 291 g/mol. The van der Waals surface area contributed by atoms with E-state index in [1.54, 1.807) is 0 Å². The van der Waals surface area contributed by atoms with Crippen molar-refractivity contribution in [3.63, 3.8) is 0 Å². The van der Waals surface area contributed by atoms with Crippen LogP contribution in [0.25, 0.3) is 0 Å². The molecule has 0 spiro atoms. The Kier molecular flexibility index (Phi) is 4.24. The first-order chi connectivity index (χ1) is 10.2. The summed E-state index contributed by atoms with van der Waals surface area (Å²) in [5.41, 5.74) is 0.495. The lowest BCUT2D eigenvalue weighted by Crippen LogP contribution is -2.46. The third-order valence-corrected chi connectivity index (χ3v) is 5.05. The maximum Gasteiger partial charge on any atom is 0.276 e. The van der Waals surface area contributed by atoms with Gasteiger partial charge in [-0.3, -0.25) is 4.79 Å². The second kappa shape index (κ2) is 6.13. The van der Waals surface area contributed by atoms with Crippen LogP contribution >= 0.6 is 0 Å². The number of likely N-dealkylation sites (tertiary alicyclic amines) is 1. The smallest absolute Gasteiger partial charge is 0.276 e. The third kappa shape index (κ3) is 2.95. The highest BCUT2D eigenvalue weighted by atomic mass is 16.2. The van der Waals surface area contributed by atoms with E-state index in [0.29, 0.717) is 17.7 Å². The van der Waals surface area contributed by atoms with Crippen LogP contribution in [0.3, 0.4) is 0 Å². The highest BCUT2D eigenvalue weighted by Gasteiger charge is 2.30. The standard InChI is InChI=1S/C15H25N5O/c1-11-4-3-9-19(12(11)2)15(21)14-10-20(18-17-14)13-5-7-16-8-6-13/h10-13,16H,3-9H2,1-2H3. The van der Waals surface area contributed by atoms with Gasteiger partial charge in [0.1, 0.15) is 0 Å².